The zero-order valence-electron chi connectivity index (χ0n) is 14.5. The predicted molar refractivity (Wildman–Crippen MR) is 108 cm³/mol. The molecule has 2 N–H and O–H groups in total. The van der Waals surface area contributed by atoms with E-state index in [1.165, 1.54) is 11.3 Å². The average molecular weight is 362 g/mol. The second kappa shape index (κ2) is 6.65. The molecule has 0 fully saturated rings. The minimum atomic E-state index is -0.204. The van der Waals surface area contributed by atoms with Gasteiger partial charge in [-0.1, -0.05) is 18.2 Å². The zero-order chi connectivity index (χ0) is 18.1. The van der Waals surface area contributed by atoms with Gasteiger partial charge in [-0.3, -0.25) is 4.79 Å². The van der Waals surface area contributed by atoms with Gasteiger partial charge >= 0.3 is 0 Å². The van der Waals surface area contributed by atoms with Gasteiger partial charge in [0.15, 0.2) is 0 Å². The molecule has 0 bridgehead atoms. The summed E-state index contributed by atoms with van der Waals surface area (Å²) in [4.78, 5) is 22.3. The lowest BCUT2D eigenvalue weighted by Crippen LogP contribution is -2.13. The Balaban J connectivity index is 1.55. The lowest BCUT2D eigenvalue weighted by Gasteiger charge is -2.12. The van der Waals surface area contributed by atoms with Gasteiger partial charge in [0.1, 0.15) is 10.7 Å². The van der Waals surface area contributed by atoms with Crippen LogP contribution in [0.15, 0.2) is 60.1 Å². The largest absolute Gasteiger partial charge is 0.378 e. The molecule has 2 aromatic carbocycles. The molecule has 0 aliphatic heterocycles. The van der Waals surface area contributed by atoms with Gasteiger partial charge in [-0.2, -0.15) is 0 Å². The van der Waals surface area contributed by atoms with Crippen molar-refractivity contribution in [2.75, 3.05) is 24.3 Å². The fourth-order valence-electron chi connectivity index (χ4n) is 2.79. The smallest absolute Gasteiger partial charge is 0.275 e. The summed E-state index contributed by atoms with van der Waals surface area (Å²) in [5.41, 5.74) is 4.33. The highest BCUT2D eigenvalue weighted by atomic mass is 32.1. The van der Waals surface area contributed by atoms with Crippen molar-refractivity contribution < 1.29 is 4.79 Å². The second-order valence-corrected chi connectivity index (χ2v) is 7.04. The number of para-hydroxylation sites is 1. The topological polar surface area (TPSA) is 61.0 Å². The fraction of sp³-hybridized carbons (Fsp3) is 0.100. The van der Waals surface area contributed by atoms with Crippen molar-refractivity contribution in [2.24, 2.45) is 0 Å². The van der Waals surface area contributed by atoms with Crippen molar-refractivity contribution in [3.8, 4) is 10.6 Å². The van der Waals surface area contributed by atoms with Gasteiger partial charge in [0.25, 0.3) is 5.91 Å². The number of H-pyrrole nitrogens is 1. The van der Waals surface area contributed by atoms with Crippen LogP contribution in [0.5, 0.6) is 0 Å². The third-order valence-electron chi connectivity index (χ3n) is 4.20. The van der Waals surface area contributed by atoms with Crippen molar-refractivity contribution in [1.29, 1.82) is 0 Å². The molecule has 0 spiro atoms. The molecule has 130 valence electrons. The molecule has 0 radical (unpaired) electrons. The second-order valence-electron chi connectivity index (χ2n) is 6.18. The van der Waals surface area contributed by atoms with Gasteiger partial charge in [0.2, 0.25) is 0 Å². The molecule has 2 heterocycles. The molecular formula is C20H18N4OS. The minimum Gasteiger partial charge on any atom is -0.378 e. The molecule has 0 atom stereocenters. The summed E-state index contributed by atoms with van der Waals surface area (Å²) >= 11 is 1.47. The van der Waals surface area contributed by atoms with Crippen LogP contribution in [-0.2, 0) is 0 Å². The van der Waals surface area contributed by atoms with Crippen molar-refractivity contribution in [3.63, 3.8) is 0 Å². The Labute approximate surface area is 155 Å². The first-order valence-corrected chi connectivity index (χ1v) is 9.10. The Hall–Kier alpha value is -3.12. The standard InChI is InChI=1S/C20H18N4OS/c1-24(2)14-9-7-13(8-10-14)22-19(25)18-12-26-20(23-18)16-11-21-17-6-4-3-5-15(16)17/h3-12,21H,1-2H3,(H,22,25). The minimum absolute atomic E-state index is 0.204. The molecule has 0 aliphatic rings. The summed E-state index contributed by atoms with van der Waals surface area (Å²) in [7, 11) is 3.96. The van der Waals surface area contributed by atoms with Gasteiger partial charge in [-0.15, -0.1) is 11.3 Å². The third-order valence-corrected chi connectivity index (χ3v) is 5.07. The molecule has 0 saturated heterocycles. The Morgan fingerprint density at radius 2 is 1.88 bits per heavy atom. The number of aromatic nitrogens is 2. The lowest BCUT2D eigenvalue weighted by atomic mass is 10.2. The highest BCUT2D eigenvalue weighted by Gasteiger charge is 2.14. The maximum atomic E-state index is 12.5. The van der Waals surface area contributed by atoms with E-state index in [9.17, 15) is 4.79 Å². The molecule has 0 saturated carbocycles. The van der Waals surface area contributed by atoms with E-state index in [-0.39, 0.29) is 5.91 Å². The first-order chi connectivity index (χ1) is 12.6. The molecule has 5 nitrogen and oxygen atoms in total. The number of rotatable bonds is 4. The Morgan fingerprint density at radius 3 is 2.65 bits per heavy atom. The molecule has 6 heteroatoms. The quantitative estimate of drug-likeness (QED) is 0.557. The van der Waals surface area contributed by atoms with Gasteiger partial charge in [0, 0.05) is 53.5 Å². The highest BCUT2D eigenvalue weighted by molar-refractivity contribution is 7.13. The molecule has 4 aromatic rings. The number of nitrogens with zero attached hydrogens (tertiary/aromatic N) is 2. The van der Waals surface area contributed by atoms with Crippen LogP contribution < -0.4 is 10.2 Å². The Morgan fingerprint density at radius 1 is 1.12 bits per heavy atom. The SMILES string of the molecule is CN(C)c1ccc(NC(=O)c2csc(-c3c[nH]c4ccccc34)n2)cc1. The monoisotopic (exact) mass is 362 g/mol. The first kappa shape index (κ1) is 16.4. The van der Waals surface area contributed by atoms with E-state index in [1.807, 2.05) is 67.7 Å². The molecule has 4 rings (SSSR count). The van der Waals surface area contributed by atoms with E-state index in [4.69, 9.17) is 0 Å². The summed E-state index contributed by atoms with van der Waals surface area (Å²) in [6.45, 7) is 0. The normalized spacial score (nSPS) is 10.8. The number of fused-ring (bicyclic) bond motifs is 1. The van der Waals surface area contributed by atoms with E-state index >= 15 is 0 Å². The van der Waals surface area contributed by atoms with Gasteiger partial charge in [-0.25, -0.2) is 4.98 Å². The van der Waals surface area contributed by atoms with E-state index in [2.05, 4.69) is 21.4 Å². The summed E-state index contributed by atoms with van der Waals surface area (Å²) in [5, 5.41) is 6.63. The summed E-state index contributed by atoms with van der Waals surface area (Å²) < 4.78 is 0. The van der Waals surface area contributed by atoms with Crippen molar-refractivity contribution in [2.45, 2.75) is 0 Å². The van der Waals surface area contributed by atoms with Gasteiger partial charge in [-0.05, 0) is 30.3 Å². The average Bonchev–Trinajstić information content (AvgIpc) is 3.29. The number of thiazole rings is 1. The first-order valence-electron chi connectivity index (χ1n) is 8.22. The highest BCUT2D eigenvalue weighted by Crippen LogP contribution is 2.31. The van der Waals surface area contributed by atoms with Gasteiger partial charge in [0.05, 0.1) is 0 Å². The van der Waals surface area contributed by atoms with Crippen LogP contribution in [0.2, 0.25) is 0 Å². The molecule has 1 amide bonds. The van der Waals surface area contributed by atoms with Crippen LogP contribution in [0.25, 0.3) is 21.5 Å². The number of aromatic amines is 1. The van der Waals surface area contributed by atoms with Crippen LogP contribution in [-0.4, -0.2) is 30.0 Å². The molecule has 2 aromatic heterocycles. The van der Waals surface area contributed by atoms with E-state index in [0.717, 1.165) is 32.8 Å². The maximum absolute atomic E-state index is 12.5. The van der Waals surface area contributed by atoms with E-state index < -0.39 is 0 Å². The Bertz CT molecular complexity index is 1060. The van der Waals surface area contributed by atoms with Crippen molar-refractivity contribution in [1.82, 2.24) is 9.97 Å². The number of hydrogen-bond acceptors (Lipinski definition) is 4. The molecule has 26 heavy (non-hydrogen) atoms. The molecule has 0 unspecified atom stereocenters. The number of anilines is 2. The van der Waals surface area contributed by atoms with Crippen LogP contribution in [0, 0.1) is 0 Å². The number of carbonyl (C=O) groups excluding carboxylic acids is 1. The van der Waals surface area contributed by atoms with Crippen molar-refractivity contribution in [3.05, 3.63) is 65.8 Å². The summed E-state index contributed by atoms with van der Waals surface area (Å²) in [6.07, 6.45) is 1.94. The summed E-state index contributed by atoms with van der Waals surface area (Å²) in [6, 6.07) is 15.8. The zero-order valence-corrected chi connectivity index (χ0v) is 15.3. The summed E-state index contributed by atoms with van der Waals surface area (Å²) in [5.74, 6) is -0.204. The fourth-order valence-corrected chi connectivity index (χ4v) is 3.62. The van der Waals surface area contributed by atoms with Gasteiger partial charge < -0.3 is 15.2 Å². The van der Waals surface area contributed by atoms with Crippen LogP contribution >= 0.6 is 11.3 Å². The number of hydrogen-bond donors (Lipinski definition) is 2. The van der Waals surface area contributed by atoms with E-state index in [1.54, 1.807) is 5.38 Å². The van der Waals surface area contributed by atoms with Crippen LogP contribution in [0.1, 0.15) is 10.5 Å². The van der Waals surface area contributed by atoms with Crippen LogP contribution in [0.3, 0.4) is 0 Å². The molecule has 0 aliphatic carbocycles. The maximum Gasteiger partial charge on any atom is 0.275 e. The van der Waals surface area contributed by atoms with E-state index in [0.29, 0.717) is 5.69 Å². The van der Waals surface area contributed by atoms with Crippen molar-refractivity contribution >= 4 is 39.5 Å². The molecular weight excluding hydrogens is 344 g/mol. The number of carbonyl (C=O) groups is 1. The third kappa shape index (κ3) is 3.07. The number of benzene rings is 2. The van der Waals surface area contributed by atoms with Crippen LogP contribution in [0.4, 0.5) is 11.4 Å². The lowest BCUT2D eigenvalue weighted by molar-refractivity contribution is 0.102. The number of amides is 1. The Kier molecular flexibility index (Phi) is 4.18. The predicted octanol–water partition coefficient (Wildman–Crippen LogP) is 4.61. The number of nitrogens with one attached hydrogen (secondary N) is 2.